The molecule has 1 aromatic carbocycles. The Morgan fingerprint density at radius 1 is 1.33 bits per heavy atom. The lowest BCUT2D eigenvalue weighted by Crippen LogP contribution is -2.51. The average molecular weight is 362 g/mol. The van der Waals surface area contributed by atoms with E-state index in [1.165, 1.54) is 23.1 Å². The van der Waals surface area contributed by atoms with E-state index in [-0.39, 0.29) is 17.2 Å². The number of nitrogens with one attached hydrogen (secondary N) is 2. The number of para-hydroxylation sites is 1. The monoisotopic (exact) mass is 362 g/mol. The first-order chi connectivity index (χ1) is 13.1. The number of aromatic nitrogens is 1. The van der Waals surface area contributed by atoms with E-state index < -0.39 is 0 Å². The average Bonchev–Trinajstić information content (AvgIpc) is 3.01. The van der Waals surface area contributed by atoms with Crippen LogP contribution >= 0.6 is 0 Å². The molecule has 0 radical (unpaired) electrons. The summed E-state index contributed by atoms with van der Waals surface area (Å²) in [6, 6.07) is 8.81. The van der Waals surface area contributed by atoms with E-state index in [1.807, 2.05) is 0 Å². The number of amidine groups is 1. The van der Waals surface area contributed by atoms with Crippen molar-refractivity contribution in [1.82, 2.24) is 14.8 Å². The summed E-state index contributed by atoms with van der Waals surface area (Å²) in [6.45, 7) is 6.11. The van der Waals surface area contributed by atoms with E-state index in [0.29, 0.717) is 11.7 Å². The molecule has 1 fully saturated rings. The topological polar surface area (TPSA) is 61.1 Å². The SMILES string of the molecule is CC[C@@]12C=C(C(=O)NC(C)=N)n3c4c(c5ccccc53)CCN(CCC1)[C@H]42. The Bertz CT molecular complexity index is 1000. The maximum absolute atomic E-state index is 13.1. The Kier molecular flexibility index (Phi) is 3.60. The van der Waals surface area contributed by atoms with Crippen LogP contribution in [0.3, 0.4) is 0 Å². The summed E-state index contributed by atoms with van der Waals surface area (Å²) in [7, 11) is 0. The number of nitrogens with zero attached hydrogens (tertiary/aromatic N) is 2. The van der Waals surface area contributed by atoms with Crippen LogP contribution in [-0.2, 0) is 11.2 Å². The molecule has 3 aliphatic rings. The van der Waals surface area contributed by atoms with E-state index >= 15 is 0 Å². The van der Waals surface area contributed by atoms with Crippen LogP contribution in [-0.4, -0.2) is 34.3 Å². The van der Waals surface area contributed by atoms with Crippen LogP contribution in [0.5, 0.6) is 0 Å². The Labute approximate surface area is 159 Å². The number of hydrogen-bond donors (Lipinski definition) is 2. The molecule has 3 aliphatic heterocycles. The summed E-state index contributed by atoms with van der Waals surface area (Å²) in [6.07, 6.45) is 6.59. The van der Waals surface area contributed by atoms with E-state index in [9.17, 15) is 4.79 Å². The van der Waals surface area contributed by atoms with Crippen molar-refractivity contribution in [2.75, 3.05) is 13.1 Å². The van der Waals surface area contributed by atoms with Gasteiger partial charge < -0.3 is 9.88 Å². The van der Waals surface area contributed by atoms with Gasteiger partial charge in [0.15, 0.2) is 0 Å². The minimum absolute atomic E-state index is 0.000398. The van der Waals surface area contributed by atoms with Crippen molar-refractivity contribution in [3.05, 3.63) is 41.6 Å². The van der Waals surface area contributed by atoms with Gasteiger partial charge >= 0.3 is 0 Å². The number of hydrogen-bond acceptors (Lipinski definition) is 3. The maximum atomic E-state index is 13.1. The molecular formula is C22H26N4O. The third-order valence-corrected chi connectivity index (χ3v) is 6.78. The summed E-state index contributed by atoms with van der Waals surface area (Å²) in [5.74, 6) is 0.0178. The van der Waals surface area contributed by atoms with E-state index in [4.69, 9.17) is 5.41 Å². The van der Waals surface area contributed by atoms with E-state index in [2.05, 4.69) is 52.0 Å². The third kappa shape index (κ3) is 2.21. The largest absolute Gasteiger partial charge is 0.310 e. The van der Waals surface area contributed by atoms with Crippen molar-refractivity contribution in [2.45, 2.75) is 45.6 Å². The fraction of sp³-hybridized carbons (Fsp3) is 0.455. The van der Waals surface area contributed by atoms with Crippen LogP contribution in [0, 0.1) is 10.8 Å². The summed E-state index contributed by atoms with van der Waals surface area (Å²) >= 11 is 0. The van der Waals surface area contributed by atoms with E-state index in [0.717, 1.165) is 37.9 Å². The van der Waals surface area contributed by atoms with Crippen LogP contribution in [0.15, 0.2) is 30.3 Å². The Morgan fingerprint density at radius 3 is 2.93 bits per heavy atom. The van der Waals surface area contributed by atoms with Gasteiger partial charge in [-0.3, -0.25) is 15.1 Å². The first-order valence-electron chi connectivity index (χ1n) is 10.0. The molecule has 0 unspecified atom stereocenters. The molecular weight excluding hydrogens is 336 g/mol. The number of carbonyl (C=O) groups excluding carboxylic acids is 1. The van der Waals surface area contributed by atoms with Gasteiger partial charge in [-0.25, -0.2) is 0 Å². The number of benzene rings is 1. The van der Waals surface area contributed by atoms with Gasteiger partial charge in [-0.05, 0) is 56.9 Å². The normalized spacial score (nSPS) is 26.4. The smallest absolute Gasteiger partial charge is 0.273 e. The van der Waals surface area contributed by atoms with Gasteiger partial charge in [-0.2, -0.15) is 0 Å². The van der Waals surface area contributed by atoms with Crippen molar-refractivity contribution >= 4 is 28.3 Å². The molecule has 5 rings (SSSR count). The minimum Gasteiger partial charge on any atom is -0.310 e. The lowest BCUT2D eigenvalue weighted by atomic mass is 9.66. The number of amides is 1. The summed E-state index contributed by atoms with van der Waals surface area (Å²) in [4.78, 5) is 15.7. The molecule has 27 heavy (non-hydrogen) atoms. The van der Waals surface area contributed by atoms with Crippen LogP contribution in [0.2, 0.25) is 0 Å². The second-order valence-corrected chi connectivity index (χ2v) is 8.20. The van der Waals surface area contributed by atoms with Crippen molar-refractivity contribution in [3.8, 4) is 0 Å². The Hall–Kier alpha value is -2.40. The zero-order valence-electron chi connectivity index (χ0n) is 16.0. The van der Waals surface area contributed by atoms with Gasteiger partial charge in [0.25, 0.3) is 5.91 Å². The molecule has 2 aromatic rings. The van der Waals surface area contributed by atoms with Crippen molar-refractivity contribution < 1.29 is 4.79 Å². The van der Waals surface area contributed by atoms with Gasteiger partial charge in [-0.1, -0.05) is 25.1 Å². The minimum atomic E-state index is -0.167. The van der Waals surface area contributed by atoms with Crippen LogP contribution in [0.25, 0.3) is 16.6 Å². The van der Waals surface area contributed by atoms with E-state index in [1.54, 1.807) is 6.92 Å². The molecule has 1 aromatic heterocycles. The van der Waals surface area contributed by atoms with Gasteiger partial charge in [-0.15, -0.1) is 0 Å². The van der Waals surface area contributed by atoms with Crippen LogP contribution < -0.4 is 5.32 Å². The van der Waals surface area contributed by atoms with Gasteiger partial charge in [0.05, 0.1) is 17.4 Å². The zero-order chi connectivity index (χ0) is 18.8. The van der Waals surface area contributed by atoms with Gasteiger partial charge in [0, 0.05) is 23.0 Å². The van der Waals surface area contributed by atoms with Crippen molar-refractivity contribution in [2.24, 2.45) is 5.41 Å². The number of carbonyl (C=O) groups is 1. The lowest BCUT2D eigenvalue weighted by Gasteiger charge is -2.53. The first kappa shape index (κ1) is 16.8. The van der Waals surface area contributed by atoms with Crippen LogP contribution in [0.1, 0.15) is 50.4 Å². The third-order valence-electron chi connectivity index (χ3n) is 6.78. The molecule has 0 aliphatic carbocycles. The molecule has 4 heterocycles. The number of fused-ring (bicyclic) bond motifs is 3. The summed E-state index contributed by atoms with van der Waals surface area (Å²) in [5.41, 5.74) is 4.54. The highest BCUT2D eigenvalue weighted by Crippen LogP contribution is 2.56. The highest BCUT2D eigenvalue weighted by molar-refractivity contribution is 6.21. The quantitative estimate of drug-likeness (QED) is 0.632. The molecule has 2 N–H and O–H groups in total. The molecule has 0 spiro atoms. The molecule has 0 saturated carbocycles. The molecule has 1 amide bonds. The fourth-order valence-corrected chi connectivity index (χ4v) is 5.68. The standard InChI is InChI=1S/C22H26N4O/c1-3-22-10-6-11-25-12-9-16-15-7-4-5-8-17(15)26(19(16)20(22)25)18(13-22)21(27)24-14(2)23/h4-5,7-8,13,20H,3,6,9-12H2,1-2H3,(H2,23,24,27)/t20-,22+/m1/s1. The molecule has 2 atom stereocenters. The summed E-state index contributed by atoms with van der Waals surface area (Å²) in [5, 5.41) is 11.7. The number of rotatable bonds is 2. The highest BCUT2D eigenvalue weighted by Gasteiger charge is 2.50. The molecule has 1 saturated heterocycles. The second-order valence-electron chi connectivity index (χ2n) is 8.20. The lowest BCUT2D eigenvalue weighted by molar-refractivity contribution is -0.114. The zero-order valence-corrected chi connectivity index (χ0v) is 16.0. The summed E-state index contributed by atoms with van der Waals surface area (Å²) < 4.78 is 2.19. The Balaban J connectivity index is 1.83. The van der Waals surface area contributed by atoms with Crippen molar-refractivity contribution in [3.63, 3.8) is 0 Å². The molecule has 0 bridgehead atoms. The van der Waals surface area contributed by atoms with Crippen LogP contribution in [0.4, 0.5) is 0 Å². The number of piperidine rings is 1. The molecule has 5 nitrogen and oxygen atoms in total. The second kappa shape index (κ2) is 5.80. The molecule has 5 heteroatoms. The predicted octanol–water partition coefficient (Wildman–Crippen LogP) is 3.70. The van der Waals surface area contributed by atoms with Gasteiger partial charge in [0.2, 0.25) is 0 Å². The highest BCUT2D eigenvalue weighted by atomic mass is 16.2. The van der Waals surface area contributed by atoms with Gasteiger partial charge in [0.1, 0.15) is 5.70 Å². The Morgan fingerprint density at radius 2 is 2.15 bits per heavy atom. The first-order valence-corrected chi connectivity index (χ1v) is 10.0. The van der Waals surface area contributed by atoms with Crippen molar-refractivity contribution in [1.29, 1.82) is 5.41 Å². The predicted molar refractivity (Wildman–Crippen MR) is 108 cm³/mol. The molecule has 140 valence electrons. The maximum Gasteiger partial charge on any atom is 0.273 e. The fourth-order valence-electron chi connectivity index (χ4n) is 5.68.